The van der Waals surface area contributed by atoms with Gasteiger partial charge in [-0.1, -0.05) is 12.0 Å². The molecule has 0 aliphatic rings. The molecule has 0 aliphatic heterocycles. The van der Waals surface area contributed by atoms with Gasteiger partial charge >= 0.3 is 0 Å². The highest BCUT2D eigenvalue weighted by Crippen LogP contribution is 2.05. The van der Waals surface area contributed by atoms with Crippen molar-refractivity contribution in [3.8, 4) is 11.8 Å². The Bertz CT molecular complexity index is 544. The minimum atomic E-state index is 0.732. The quantitative estimate of drug-likeness (QED) is 0.578. The first-order chi connectivity index (χ1) is 7.79. The SMILES string of the molecule is CCn1nccc1C#Cc1cccc(N)c1. The summed E-state index contributed by atoms with van der Waals surface area (Å²) in [5.74, 6) is 6.15. The highest BCUT2D eigenvalue weighted by molar-refractivity contribution is 5.48. The van der Waals surface area contributed by atoms with Crippen LogP contribution in [0.5, 0.6) is 0 Å². The summed E-state index contributed by atoms with van der Waals surface area (Å²) < 4.78 is 1.86. The Labute approximate surface area is 94.9 Å². The molecule has 0 radical (unpaired) electrons. The molecule has 0 amide bonds. The van der Waals surface area contributed by atoms with E-state index in [2.05, 4.69) is 16.9 Å². The number of nitrogen functional groups attached to an aromatic ring is 1. The second-order valence-electron chi connectivity index (χ2n) is 3.41. The van der Waals surface area contributed by atoms with Crippen molar-refractivity contribution in [2.45, 2.75) is 13.5 Å². The van der Waals surface area contributed by atoms with Gasteiger partial charge in [0.25, 0.3) is 0 Å². The van der Waals surface area contributed by atoms with Crippen molar-refractivity contribution in [2.75, 3.05) is 5.73 Å². The summed E-state index contributed by atoms with van der Waals surface area (Å²) in [6.45, 7) is 2.87. The third kappa shape index (κ3) is 2.23. The van der Waals surface area contributed by atoms with E-state index in [4.69, 9.17) is 5.73 Å². The van der Waals surface area contributed by atoms with Gasteiger partial charge < -0.3 is 5.73 Å². The van der Waals surface area contributed by atoms with E-state index in [1.807, 2.05) is 41.9 Å². The molecule has 1 heterocycles. The Morgan fingerprint density at radius 3 is 2.94 bits per heavy atom. The van der Waals surface area contributed by atoms with Crippen molar-refractivity contribution in [1.82, 2.24) is 9.78 Å². The largest absolute Gasteiger partial charge is 0.399 e. The molecule has 3 nitrogen and oxygen atoms in total. The van der Waals surface area contributed by atoms with Gasteiger partial charge in [0, 0.05) is 17.8 Å². The molecule has 2 rings (SSSR count). The fraction of sp³-hybridized carbons (Fsp3) is 0.154. The van der Waals surface area contributed by atoms with Crippen LogP contribution in [0.4, 0.5) is 5.69 Å². The van der Waals surface area contributed by atoms with Gasteiger partial charge in [-0.3, -0.25) is 4.68 Å². The lowest BCUT2D eigenvalue weighted by atomic mass is 10.2. The molecule has 1 aromatic heterocycles. The number of aryl methyl sites for hydroxylation is 1. The molecule has 3 heteroatoms. The second kappa shape index (κ2) is 4.54. The Morgan fingerprint density at radius 1 is 1.31 bits per heavy atom. The molecule has 0 unspecified atom stereocenters. The molecule has 0 fully saturated rings. The van der Waals surface area contributed by atoms with Gasteiger partial charge in [0.05, 0.1) is 6.20 Å². The van der Waals surface area contributed by atoms with Gasteiger partial charge in [-0.15, -0.1) is 0 Å². The maximum atomic E-state index is 5.68. The molecule has 2 aromatic rings. The van der Waals surface area contributed by atoms with Crippen LogP contribution in [0.2, 0.25) is 0 Å². The Balaban J connectivity index is 2.28. The standard InChI is InChI=1S/C13H13N3/c1-2-16-13(8-9-15-16)7-6-11-4-3-5-12(14)10-11/h3-5,8-10H,2,14H2,1H3. The van der Waals surface area contributed by atoms with Crippen LogP contribution in [0.3, 0.4) is 0 Å². The van der Waals surface area contributed by atoms with Crippen molar-refractivity contribution < 1.29 is 0 Å². The van der Waals surface area contributed by atoms with Crippen LogP contribution in [-0.4, -0.2) is 9.78 Å². The highest BCUT2D eigenvalue weighted by Gasteiger charge is 1.95. The molecule has 0 bridgehead atoms. The highest BCUT2D eigenvalue weighted by atomic mass is 15.3. The average molecular weight is 211 g/mol. The molecule has 2 N–H and O–H groups in total. The predicted molar refractivity (Wildman–Crippen MR) is 64.7 cm³/mol. The first-order valence-electron chi connectivity index (χ1n) is 5.19. The van der Waals surface area contributed by atoms with Crippen molar-refractivity contribution in [2.24, 2.45) is 0 Å². The predicted octanol–water partition coefficient (Wildman–Crippen LogP) is 1.89. The zero-order chi connectivity index (χ0) is 11.4. The van der Waals surface area contributed by atoms with Crippen LogP contribution in [0.15, 0.2) is 36.5 Å². The molecule has 0 saturated heterocycles. The number of hydrogen-bond donors (Lipinski definition) is 1. The molecular formula is C13H13N3. The van der Waals surface area contributed by atoms with E-state index in [0.717, 1.165) is 23.5 Å². The normalized spacial score (nSPS) is 9.56. The van der Waals surface area contributed by atoms with Crippen molar-refractivity contribution in [3.63, 3.8) is 0 Å². The van der Waals surface area contributed by atoms with Crippen molar-refractivity contribution in [1.29, 1.82) is 0 Å². The van der Waals surface area contributed by atoms with E-state index < -0.39 is 0 Å². The lowest BCUT2D eigenvalue weighted by molar-refractivity contribution is 0.652. The number of rotatable bonds is 1. The molecule has 1 aromatic carbocycles. The zero-order valence-electron chi connectivity index (χ0n) is 9.14. The maximum Gasteiger partial charge on any atom is 0.111 e. The van der Waals surface area contributed by atoms with E-state index in [0.29, 0.717) is 0 Å². The van der Waals surface area contributed by atoms with Crippen LogP contribution in [0, 0.1) is 11.8 Å². The smallest absolute Gasteiger partial charge is 0.111 e. The first-order valence-corrected chi connectivity index (χ1v) is 5.19. The van der Waals surface area contributed by atoms with E-state index in [-0.39, 0.29) is 0 Å². The van der Waals surface area contributed by atoms with Crippen LogP contribution in [-0.2, 0) is 6.54 Å². The van der Waals surface area contributed by atoms with Crippen LogP contribution >= 0.6 is 0 Å². The van der Waals surface area contributed by atoms with Crippen LogP contribution in [0.25, 0.3) is 0 Å². The Hall–Kier alpha value is -2.21. The maximum absolute atomic E-state index is 5.68. The Kier molecular flexibility index (Phi) is 2.93. The minimum absolute atomic E-state index is 0.732. The molecule has 0 saturated carbocycles. The van der Waals surface area contributed by atoms with Crippen molar-refractivity contribution >= 4 is 5.69 Å². The fourth-order valence-electron chi connectivity index (χ4n) is 1.44. The van der Waals surface area contributed by atoms with E-state index in [1.165, 1.54) is 0 Å². The van der Waals surface area contributed by atoms with Gasteiger partial charge in [-0.25, -0.2) is 0 Å². The van der Waals surface area contributed by atoms with E-state index in [1.54, 1.807) is 6.20 Å². The summed E-state index contributed by atoms with van der Waals surface area (Å²) in [6.07, 6.45) is 1.76. The summed E-state index contributed by atoms with van der Waals surface area (Å²) in [4.78, 5) is 0. The van der Waals surface area contributed by atoms with Crippen LogP contribution in [0.1, 0.15) is 18.2 Å². The zero-order valence-corrected chi connectivity index (χ0v) is 9.14. The third-order valence-corrected chi connectivity index (χ3v) is 2.24. The van der Waals surface area contributed by atoms with Gasteiger partial charge in [0.1, 0.15) is 5.69 Å². The summed E-state index contributed by atoms with van der Waals surface area (Å²) in [7, 11) is 0. The Morgan fingerprint density at radius 2 is 2.19 bits per heavy atom. The molecular weight excluding hydrogens is 198 g/mol. The molecule has 0 spiro atoms. The summed E-state index contributed by atoms with van der Waals surface area (Å²) in [5.41, 5.74) is 8.25. The van der Waals surface area contributed by atoms with Gasteiger partial charge in [-0.05, 0) is 37.1 Å². The number of aromatic nitrogens is 2. The molecule has 16 heavy (non-hydrogen) atoms. The summed E-state index contributed by atoms with van der Waals surface area (Å²) >= 11 is 0. The first kappa shape index (κ1) is 10.3. The molecule has 80 valence electrons. The number of benzene rings is 1. The lowest BCUT2D eigenvalue weighted by Crippen LogP contribution is -1.98. The monoisotopic (exact) mass is 211 g/mol. The van der Waals surface area contributed by atoms with E-state index >= 15 is 0 Å². The number of anilines is 1. The number of hydrogen-bond acceptors (Lipinski definition) is 2. The third-order valence-electron chi connectivity index (χ3n) is 2.24. The van der Waals surface area contributed by atoms with Gasteiger partial charge in [0.15, 0.2) is 0 Å². The summed E-state index contributed by atoms with van der Waals surface area (Å²) in [6, 6.07) is 9.45. The lowest BCUT2D eigenvalue weighted by Gasteiger charge is -1.96. The van der Waals surface area contributed by atoms with Crippen LogP contribution < -0.4 is 5.73 Å². The number of nitrogens with zero attached hydrogens (tertiary/aromatic N) is 2. The minimum Gasteiger partial charge on any atom is -0.399 e. The van der Waals surface area contributed by atoms with Gasteiger partial charge in [0.2, 0.25) is 0 Å². The molecule has 0 aliphatic carbocycles. The molecule has 0 atom stereocenters. The fourth-order valence-corrected chi connectivity index (χ4v) is 1.44. The van der Waals surface area contributed by atoms with Gasteiger partial charge in [-0.2, -0.15) is 5.10 Å². The van der Waals surface area contributed by atoms with Crippen molar-refractivity contribution in [3.05, 3.63) is 47.8 Å². The number of nitrogens with two attached hydrogens (primary N) is 1. The average Bonchev–Trinajstić information content (AvgIpc) is 2.74. The summed E-state index contributed by atoms with van der Waals surface area (Å²) in [5, 5.41) is 4.15. The van der Waals surface area contributed by atoms with E-state index in [9.17, 15) is 0 Å². The topological polar surface area (TPSA) is 43.8 Å². The second-order valence-corrected chi connectivity index (χ2v) is 3.41.